The molecule has 98 valence electrons. The van der Waals surface area contributed by atoms with Crippen molar-refractivity contribution < 1.29 is 9.90 Å². The van der Waals surface area contributed by atoms with Gasteiger partial charge in [0.2, 0.25) is 0 Å². The third kappa shape index (κ3) is 3.20. The van der Waals surface area contributed by atoms with E-state index in [1.54, 1.807) is 12.1 Å². The highest BCUT2D eigenvalue weighted by Gasteiger charge is 2.12. The van der Waals surface area contributed by atoms with Crippen LogP contribution in [-0.2, 0) is 6.42 Å². The Morgan fingerprint density at radius 1 is 1.39 bits per heavy atom. The number of carbonyl (C=O) groups is 1. The van der Waals surface area contributed by atoms with Gasteiger partial charge in [0.05, 0.1) is 5.56 Å². The van der Waals surface area contributed by atoms with E-state index in [0.29, 0.717) is 11.4 Å². The van der Waals surface area contributed by atoms with E-state index in [4.69, 9.17) is 5.11 Å². The van der Waals surface area contributed by atoms with E-state index in [9.17, 15) is 4.79 Å². The largest absolute Gasteiger partial charge is 0.478 e. The van der Waals surface area contributed by atoms with Crippen LogP contribution in [0.3, 0.4) is 0 Å². The monoisotopic (exact) mass is 249 g/mol. The molecule has 2 rings (SSSR count). The molecule has 0 spiro atoms. The summed E-state index contributed by atoms with van der Waals surface area (Å²) >= 11 is 0. The van der Waals surface area contributed by atoms with E-state index in [0.717, 1.165) is 25.2 Å². The fourth-order valence-electron chi connectivity index (χ4n) is 2.12. The van der Waals surface area contributed by atoms with Crippen molar-refractivity contribution in [3.63, 3.8) is 0 Å². The number of hydrazine groups is 1. The summed E-state index contributed by atoms with van der Waals surface area (Å²) in [6.07, 6.45) is 4.34. The van der Waals surface area contributed by atoms with Crippen LogP contribution in [0.15, 0.2) is 12.1 Å². The molecule has 0 saturated carbocycles. The van der Waals surface area contributed by atoms with E-state index >= 15 is 0 Å². The molecular weight excluding hydrogens is 230 g/mol. The maximum Gasteiger partial charge on any atom is 0.335 e. The fraction of sp³-hybridized carbons (Fsp3) is 0.538. The molecule has 18 heavy (non-hydrogen) atoms. The van der Waals surface area contributed by atoms with E-state index in [1.807, 2.05) is 6.92 Å². The zero-order valence-corrected chi connectivity index (χ0v) is 10.6. The first-order valence-corrected chi connectivity index (χ1v) is 6.45. The van der Waals surface area contributed by atoms with Crippen LogP contribution < -0.4 is 5.43 Å². The molecule has 1 aliphatic rings. The number of aromatic nitrogens is 1. The van der Waals surface area contributed by atoms with Gasteiger partial charge in [-0.05, 0) is 31.4 Å². The van der Waals surface area contributed by atoms with Gasteiger partial charge >= 0.3 is 5.97 Å². The maximum atomic E-state index is 11.0. The molecule has 1 fully saturated rings. The van der Waals surface area contributed by atoms with Crippen molar-refractivity contribution in [3.8, 4) is 0 Å². The zero-order chi connectivity index (χ0) is 13.0. The Kier molecular flexibility index (Phi) is 4.15. The molecule has 5 heteroatoms. The van der Waals surface area contributed by atoms with Crippen LogP contribution in [0, 0.1) is 0 Å². The van der Waals surface area contributed by atoms with Gasteiger partial charge in [-0.2, -0.15) is 0 Å². The van der Waals surface area contributed by atoms with Crippen LogP contribution in [-0.4, -0.2) is 34.2 Å². The summed E-state index contributed by atoms with van der Waals surface area (Å²) < 4.78 is 0. The number of carboxylic acids is 1. The van der Waals surface area contributed by atoms with Crippen LogP contribution in [0.2, 0.25) is 0 Å². The summed E-state index contributed by atoms with van der Waals surface area (Å²) in [7, 11) is 0. The summed E-state index contributed by atoms with van der Waals surface area (Å²) in [5, 5.41) is 11.2. The fourth-order valence-corrected chi connectivity index (χ4v) is 2.12. The number of hydrogen-bond donors (Lipinski definition) is 2. The summed E-state index contributed by atoms with van der Waals surface area (Å²) in [4.78, 5) is 15.5. The van der Waals surface area contributed by atoms with Crippen molar-refractivity contribution >= 4 is 11.8 Å². The van der Waals surface area contributed by atoms with Gasteiger partial charge in [-0.1, -0.05) is 13.3 Å². The molecule has 1 saturated heterocycles. The minimum atomic E-state index is -0.909. The van der Waals surface area contributed by atoms with Crippen LogP contribution >= 0.6 is 0 Å². The summed E-state index contributed by atoms with van der Waals surface area (Å²) in [5.74, 6) is -0.276. The lowest BCUT2D eigenvalue weighted by Crippen LogP contribution is -2.35. The molecule has 0 atom stereocenters. The van der Waals surface area contributed by atoms with Crippen LogP contribution in [0.1, 0.15) is 42.2 Å². The van der Waals surface area contributed by atoms with Crippen molar-refractivity contribution in [2.24, 2.45) is 0 Å². The van der Waals surface area contributed by atoms with Gasteiger partial charge in [0.25, 0.3) is 0 Å². The Balaban J connectivity index is 2.15. The average molecular weight is 249 g/mol. The quantitative estimate of drug-likeness (QED) is 0.856. The summed E-state index contributed by atoms with van der Waals surface area (Å²) in [6, 6.07) is 3.22. The third-order valence-electron chi connectivity index (χ3n) is 3.12. The predicted molar refractivity (Wildman–Crippen MR) is 69.6 cm³/mol. The number of nitrogens with one attached hydrogen (secondary N) is 1. The van der Waals surface area contributed by atoms with E-state index in [1.165, 1.54) is 19.3 Å². The number of anilines is 1. The van der Waals surface area contributed by atoms with Gasteiger partial charge in [0.1, 0.15) is 5.82 Å². The van der Waals surface area contributed by atoms with Crippen LogP contribution in [0.5, 0.6) is 0 Å². The van der Waals surface area contributed by atoms with Gasteiger partial charge in [-0.15, -0.1) is 0 Å². The maximum absolute atomic E-state index is 11.0. The standard InChI is InChI=1S/C13H19N3O2/c1-2-11-8-10(13(17)18)9-12(14-11)15-16-6-4-3-5-7-16/h8-9H,2-7H2,1H3,(H,14,15)(H,17,18). The first-order valence-electron chi connectivity index (χ1n) is 6.45. The zero-order valence-electron chi connectivity index (χ0n) is 10.6. The van der Waals surface area contributed by atoms with Gasteiger partial charge in [0.15, 0.2) is 0 Å². The van der Waals surface area contributed by atoms with Crippen molar-refractivity contribution in [1.29, 1.82) is 0 Å². The molecule has 2 N–H and O–H groups in total. The van der Waals surface area contributed by atoms with Crippen molar-refractivity contribution in [2.75, 3.05) is 18.5 Å². The van der Waals surface area contributed by atoms with Crippen molar-refractivity contribution in [3.05, 3.63) is 23.4 Å². The number of hydrogen-bond acceptors (Lipinski definition) is 4. The van der Waals surface area contributed by atoms with Crippen molar-refractivity contribution in [1.82, 2.24) is 9.99 Å². The number of pyridine rings is 1. The Morgan fingerprint density at radius 3 is 2.72 bits per heavy atom. The molecule has 1 aliphatic heterocycles. The van der Waals surface area contributed by atoms with E-state index < -0.39 is 5.97 Å². The Bertz CT molecular complexity index is 428. The van der Waals surface area contributed by atoms with Gasteiger partial charge < -0.3 is 10.5 Å². The normalized spacial score (nSPS) is 16.5. The molecule has 0 bridgehead atoms. The minimum Gasteiger partial charge on any atom is -0.478 e. The first-order chi connectivity index (χ1) is 8.69. The van der Waals surface area contributed by atoms with Crippen LogP contribution in [0.25, 0.3) is 0 Å². The third-order valence-corrected chi connectivity index (χ3v) is 3.12. The second kappa shape index (κ2) is 5.82. The lowest BCUT2D eigenvalue weighted by Gasteiger charge is -2.27. The molecular formula is C13H19N3O2. The SMILES string of the molecule is CCc1cc(C(=O)O)cc(NN2CCCCC2)n1. The number of carboxylic acid groups (broad SMARTS) is 1. The van der Waals surface area contributed by atoms with Gasteiger partial charge in [-0.3, -0.25) is 0 Å². The smallest absolute Gasteiger partial charge is 0.335 e. The molecule has 0 amide bonds. The second-order valence-electron chi connectivity index (χ2n) is 4.55. The Morgan fingerprint density at radius 2 is 2.11 bits per heavy atom. The Hall–Kier alpha value is -1.62. The van der Waals surface area contributed by atoms with Gasteiger partial charge in [0, 0.05) is 18.8 Å². The predicted octanol–water partition coefficient (Wildman–Crippen LogP) is 2.16. The molecule has 0 unspecified atom stereocenters. The van der Waals surface area contributed by atoms with Gasteiger partial charge in [-0.25, -0.2) is 14.8 Å². The molecule has 1 aromatic heterocycles. The summed E-state index contributed by atoms with van der Waals surface area (Å²) in [6.45, 7) is 3.94. The van der Waals surface area contributed by atoms with E-state index in [-0.39, 0.29) is 0 Å². The number of nitrogens with zero attached hydrogens (tertiary/aromatic N) is 2. The molecule has 2 heterocycles. The summed E-state index contributed by atoms with van der Waals surface area (Å²) in [5.41, 5.74) is 4.30. The Labute approximate surface area is 107 Å². The highest BCUT2D eigenvalue weighted by Crippen LogP contribution is 2.15. The highest BCUT2D eigenvalue weighted by atomic mass is 16.4. The minimum absolute atomic E-state index is 0.293. The molecule has 5 nitrogen and oxygen atoms in total. The number of rotatable bonds is 4. The second-order valence-corrected chi connectivity index (χ2v) is 4.55. The lowest BCUT2D eigenvalue weighted by molar-refractivity contribution is 0.0696. The van der Waals surface area contributed by atoms with Crippen molar-refractivity contribution in [2.45, 2.75) is 32.6 Å². The average Bonchev–Trinajstić information content (AvgIpc) is 2.39. The number of piperidine rings is 1. The van der Waals surface area contributed by atoms with Crippen LogP contribution in [0.4, 0.5) is 5.82 Å². The van der Waals surface area contributed by atoms with E-state index in [2.05, 4.69) is 15.4 Å². The number of aromatic carboxylic acids is 1. The first kappa shape index (κ1) is 12.8. The lowest BCUT2D eigenvalue weighted by atomic mass is 10.2. The molecule has 0 aromatic carbocycles. The number of aryl methyl sites for hydroxylation is 1. The molecule has 0 aliphatic carbocycles. The topological polar surface area (TPSA) is 65.5 Å². The molecule has 0 radical (unpaired) electrons. The molecule has 1 aromatic rings. The highest BCUT2D eigenvalue weighted by molar-refractivity contribution is 5.88.